The third-order valence-corrected chi connectivity index (χ3v) is 5.79. The Hall–Kier alpha value is -2.08. The number of nitrogens with one attached hydrogen (secondary N) is 2. The van der Waals surface area contributed by atoms with Crippen molar-refractivity contribution in [1.29, 1.82) is 5.26 Å². The number of carbonyl (C=O) groups is 2. The van der Waals surface area contributed by atoms with Crippen LogP contribution >= 0.6 is 11.8 Å². The third-order valence-electron chi connectivity index (χ3n) is 4.85. The molecule has 1 aromatic rings. The number of nitrogens with zero attached hydrogens (tertiary/aromatic N) is 2. The van der Waals surface area contributed by atoms with Crippen LogP contribution in [0.5, 0.6) is 0 Å². The highest BCUT2D eigenvalue weighted by Crippen LogP contribution is 2.26. The SMILES string of the molecule is CC(C)OCCCNC(=O)C1CCN(CC(=O)Nc2ccccc2SCC#N)CC1. The Kier molecular flexibility index (Phi) is 10.7. The van der Waals surface area contributed by atoms with Gasteiger partial charge in [0.1, 0.15) is 0 Å². The lowest BCUT2D eigenvalue weighted by Crippen LogP contribution is -2.43. The molecule has 0 unspecified atom stereocenters. The topological polar surface area (TPSA) is 94.5 Å². The molecule has 2 N–H and O–H groups in total. The fourth-order valence-electron chi connectivity index (χ4n) is 3.30. The summed E-state index contributed by atoms with van der Waals surface area (Å²) in [5.74, 6) is 0.381. The Morgan fingerprint density at radius 2 is 2.03 bits per heavy atom. The maximum absolute atomic E-state index is 12.5. The number of ether oxygens (including phenoxy) is 1. The first-order valence-electron chi connectivity index (χ1n) is 10.5. The van der Waals surface area contributed by atoms with E-state index in [4.69, 9.17) is 10.00 Å². The minimum absolute atomic E-state index is 0.0124. The lowest BCUT2D eigenvalue weighted by atomic mass is 9.96. The maximum Gasteiger partial charge on any atom is 0.238 e. The Labute approximate surface area is 183 Å². The van der Waals surface area contributed by atoms with Gasteiger partial charge in [0.15, 0.2) is 0 Å². The van der Waals surface area contributed by atoms with Crippen LogP contribution in [0.25, 0.3) is 0 Å². The summed E-state index contributed by atoms with van der Waals surface area (Å²) in [5.41, 5.74) is 0.735. The van der Waals surface area contributed by atoms with Gasteiger partial charge in [-0.25, -0.2) is 0 Å². The van der Waals surface area contributed by atoms with Crippen molar-refractivity contribution in [2.24, 2.45) is 5.92 Å². The van der Waals surface area contributed by atoms with Gasteiger partial charge in [-0.2, -0.15) is 5.26 Å². The van der Waals surface area contributed by atoms with Gasteiger partial charge in [0.2, 0.25) is 11.8 Å². The third kappa shape index (κ3) is 8.74. The van der Waals surface area contributed by atoms with Gasteiger partial charge in [-0.15, -0.1) is 11.8 Å². The van der Waals surface area contributed by atoms with E-state index in [0.29, 0.717) is 25.4 Å². The first-order valence-corrected chi connectivity index (χ1v) is 11.5. The molecule has 1 heterocycles. The van der Waals surface area contributed by atoms with E-state index in [1.54, 1.807) is 0 Å². The van der Waals surface area contributed by atoms with E-state index < -0.39 is 0 Å². The van der Waals surface area contributed by atoms with Crippen LogP contribution in [0.15, 0.2) is 29.2 Å². The minimum atomic E-state index is -0.0759. The van der Waals surface area contributed by atoms with E-state index in [1.807, 2.05) is 38.1 Å². The van der Waals surface area contributed by atoms with Crippen molar-refractivity contribution >= 4 is 29.3 Å². The van der Waals surface area contributed by atoms with Crippen LogP contribution < -0.4 is 10.6 Å². The monoisotopic (exact) mass is 432 g/mol. The molecule has 1 fully saturated rings. The van der Waals surface area contributed by atoms with E-state index in [1.165, 1.54) is 11.8 Å². The fourth-order valence-corrected chi connectivity index (χ4v) is 3.97. The van der Waals surface area contributed by atoms with E-state index in [-0.39, 0.29) is 23.8 Å². The van der Waals surface area contributed by atoms with Crippen molar-refractivity contribution in [3.05, 3.63) is 24.3 Å². The molecule has 1 aliphatic heterocycles. The van der Waals surface area contributed by atoms with Crippen LogP contribution in [-0.2, 0) is 14.3 Å². The van der Waals surface area contributed by atoms with Crippen molar-refractivity contribution in [2.75, 3.05) is 43.9 Å². The lowest BCUT2D eigenvalue weighted by molar-refractivity contribution is -0.126. The van der Waals surface area contributed by atoms with Crippen LogP contribution in [0.4, 0.5) is 5.69 Å². The number of para-hydroxylation sites is 1. The zero-order chi connectivity index (χ0) is 21.8. The number of likely N-dealkylation sites (tertiary alicyclic amines) is 1. The van der Waals surface area contributed by atoms with Crippen LogP contribution in [0.3, 0.4) is 0 Å². The van der Waals surface area contributed by atoms with Crippen LogP contribution in [-0.4, -0.2) is 61.4 Å². The summed E-state index contributed by atoms with van der Waals surface area (Å²) in [6, 6.07) is 9.61. The molecule has 2 amide bonds. The molecule has 30 heavy (non-hydrogen) atoms. The molecule has 1 aliphatic rings. The number of hydrogen-bond acceptors (Lipinski definition) is 6. The quantitative estimate of drug-likeness (QED) is 0.412. The number of piperidine rings is 1. The largest absolute Gasteiger partial charge is 0.379 e. The van der Waals surface area contributed by atoms with E-state index in [9.17, 15) is 9.59 Å². The molecule has 0 atom stereocenters. The van der Waals surface area contributed by atoms with Gasteiger partial charge in [0.25, 0.3) is 0 Å². The average molecular weight is 433 g/mol. The second-order valence-electron chi connectivity index (χ2n) is 7.61. The van der Waals surface area contributed by atoms with Crippen molar-refractivity contribution in [2.45, 2.75) is 44.1 Å². The van der Waals surface area contributed by atoms with Gasteiger partial charge in [-0.3, -0.25) is 14.5 Å². The number of anilines is 1. The number of hydrogen-bond donors (Lipinski definition) is 2. The fraction of sp³-hybridized carbons (Fsp3) is 0.591. The predicted octanol–water partition coefficient (Wildman–Crippen LogP) is 2.88. The summed E-state index contributed by atoms with van der Waals surface area (Å²) in [5, 5.41) is 14.7. The summed E-state index contributed by atoms with van der Waals surface area (Å²) in [7, 11) is 0. The molecule has 0 spiro atoms. The molecule has 0 aromatic heterocycles. The standard InChI is InChI=1S/C22H32N4O3S/c1-17(2)29-14-5-11-24-22(28)18-8-12-26(13-9-18)16-21(27)25-19-6-3-4-7-20(19)30-15-10-23/h3-4,6-7,17-18H,5,8-9,11-16H2,1-2H3,(H,24,28)(H,25,27). The molecule has 1 saturated heterocycles. The van der Waals surface area contributed by atoms with Gasteiger partial charge in [-0.05, 0) is 58.3 Å². The summed E-state index contributed by atoms with van der Waals surface area (Å²) in [4.78, 5) is 27.7. The maximum atomic E-state index is 12.5. The van der Waals surface area contributed by atoms with Crippen LogP contribution in [0.1, 0.15) is 33.1 Å². The second-order valence-corrected chi connectivity index (χ2v) is 8.62. The highest BCUT2D eigenvalue weighted by Gasteiger charge is 2.25. The first-order chi connectivity index (χ1) is 14.5. The summed E-state index contributed by atoms with van der Waals surface area (Å²) in [6.07, 6.45) is 2.55. The summed E-state index contributed by atoms with van der Waals surface area (Å²) < 4.78 is 5.48. The second kappa shape index (κ2) is 13.3. The van der Waals surface area contributed by atoms with Crippen molar-refractivity contribution in [3.63, 3.8) is 0 Å². The van der Waals surface area contributed by atoms with E-state index in [0.717, 1.165) is 42.9 Å². The average Bonchev–Trinajstić information content (AvgIpc) is 2.73. The van der Waals surface area contributed by atoms with Gasteiger partial charge >= 0.3 is 0 Å². The Morgan fingerprint density at radius 1 is 1.30 bits per heavy atom. The first kappa shape index (κ1) is 24.2. The molecule has 1 aromatic carbocycles. The van der Waals surface area contributed by atoms with Gasteiger partial charge in [-0.1, -0.05) is 12.1 Å². The molecule has 2 rings (SSSR count). The van der Waals surface area contributed by atoms with E-state index in [2.05, 4.69) is 21.6 Å². The molecule has 8 heteroatoms. The molecule has 164 valence electrons. The Morgan fingerprint density at radius 3 is 2.73 bits per heavy atom. The minimum Gasteiger partial charge on any atom is -0.379 e. The molecular weight excluding hydrogens is 400 g/mol. The Balaban J connectivity index is 1.69. The normalized spacial score (nSPS) is 15.0. The van der Waals surface area contributed by atoms with Gasteiger partial charge in [0.05, 0.1) is 30.2 Å². The highest BCUT2D eigenvalue weighted by atomic mass is 32.2. The molecule has 7 nitrogen and oxygen atoms in total. The van der Waals surface area contributed by atoms with Gasteiger partial charge in [0, 0.05) is 24.0 Å². The van der Waals surface area contributed by atoms with Crippen molar-refractivity contribution in [1.82, 2.24) is 10.2 Å². The molecule has 0 aliphatic carbocycles. The number of amides is 2. The number of nitriles is 1. The zero-order valence-corrected chi connectivity index (χ0v) is 18.7. The molecule has 0 saturated carbocycles. The molecule has 0 radical (unpaired) electrons. The molecule has 0 bridgehead atoms. The van der Waals surface area contributed by atoms with Crippen molar-refractivity contribution in [3.8, 4) is 6.07 Å². The highest BCUT2D eigenvalue weighted by molar-refractivity contribution is 7.99. The van der Waals surface area contributed by atoms with Crippen LogP contribution in [0, 0.1) is 17.2 Å². The number of thioether (sulfide) groups is 1. The van der Waals surface area contributed by atoms with Gasteiger partial charge < -0.3 is 15.4 Å². The number of benzene rings is 1. The summed E-state index contributed by atoms with van der Waals surface area (Å²) >= 11 is 1.41. The molecular formula is C22H32N4O3S. The summed E-state index contributed by atoms with van der Waals surface area (Å²) in [6.45, 7) is 7.05. The predicted molar refractivity (Wildman–Crippen MR) is 119 cm³/mol. The smallest absolute Gasteiger partial charge is 0.238 e. The lowest BCUT2D eigenvalue weighted by Gasteiger charge is -2.30. The Bertz CT molecular complexity index is 727. The number of carbonyl (C=O) groups excluding carboxylic acids is 2. The number of rotatable bonds is 11. The van der Waals surface area contributed by atoms with Crippen molar-refractivity contribution < 1.29 is 14.3 Å². The van der Waals surface area contributed by atoms with E-state index >= 15 is 0 Å². The van der Waals surface area contributed by atoms with Crippen LogP contribution in [0.2, 0.25) is 0 Å². The zero-order valence-electron chi connectivity index (χ0n) is 17.9.